The fourth-order valence-corrected chi connectivity index (χ4v) is 5.54. The Labute approximate surface area is 285 Å². The first-order chi connectivity index (χ1) is 20.8. The number of ether oxygens (including phenoxy) is 4. The number of methoxy groups -OCH3 is 2. The molecule has 1 fully saturated rings. The van der Waals surface area contributed by atoms with Crippen molar-refractivity contribution in [1.29, 1.82) is 0 Å². The highest BCUT2D eigenvalue weighted by Crippen LogP contribution is 2.17. The number of halogens is 1. The second kappa shape index (κ2) is 27.9. The smallest absolute Gasteiger partial charge is 0.419 e. The van der Waals surface area contributed by atoms with Gasteiger partial charge < -0.3 is 52.7 Å². The van der Waals surface area contributed by atoms with E-state index in [-0.39, 0.29) is 43.7 Å². The summed E-state index contributed by atoms with van der Waals surface area (Å²) in [6, 6.07) is 0. The number of amides is 3. The summed E-state index contributed by atoms with van der Waals surface area (Å²) in [4.78, 5) is 37.8. The monoisotopic (exact) mass is 741 g/mol. The van der Waals surface area contributed by atoms with Crippen molar-refractivity contribution in [2.24, 2.45) is 0 Å². The van der Waals surface area contributed by atoms with E-state index in [1.54, 1.807) is 0 Å². The summed E-state index contributed by atoms with van der Waals surface area (Å²) in [6.07, 6.45) is 20.5. The van der Waals surface area contributed by atoms with E-state index in [1.165, 1.54) is 104 Å². The molecule has 260 valence electrons. The van der Waals surface area contributed by atoms with Gasteiger partial charge in [0.2, 0.25) is 0 Å². The third-order valence-electron chi connectivity index (χ3n) is 8.55. The van der Waals surface area contributed by atoms with Crippen molar-refractivity contribution in [2.45, 2.75) is 129 Å². The van der Waals surface area contributed by atoms with Gasteiger partial charge in [-0.05, 0) is 6.42 Å². The van der Waals surface area contributed by atoms with E-state index in [0.717, 1.165) is 48.2 Å². The van der Waals surface area contributed by atoms with Gasteiger partial charge in [-0.25, -0.2) is 19.3 Å². The van der Waals surface area contributed by atoms with Crippen LogP contribution in [0.4, 0.5) is 14.4 Å². The Balaban J connectivity index is 0.0000185. The van der Waals surface area contributed by atoms with Crippen LogP contribution in [0.15, 0.2) is 0 Å². The third-order valence-corrected chi connectivity index (χ3v) is 8.55. The van der Waals surface area contributed by atoms with E-state index in [9.17, 15) is 14.4 Å². The molecule has 1 aliphatic heterocycles. The van der Waals surface area contributed by atoms with E-state index in [1.807, 2.05) is 0 Å². The van der Waals surface area contributed by atoms with Gasteiger partial charge in [-0.1, -0.05) is 103 Å². The molecule has 1 aliphatic rings. The number of nitrogens with one attached hydrogen (secondary N) is 1. The van der Waals surface area contributed by atoms with E-state index in [0.29, 0.717) is 13.1 Å². The predicted octanol–water partition coefficient (Wildman–Crippen LogP) is 4.44. The van der Waals surface area contributed by atoms with Gasteiger partial charge in [-0.15, -0.1) is 0 Å². The van der Waals surface area contributed by atoms with Gasteiger partial charge in [-0.2, -0.15) is 0 Å². The molecule has 10 nitrogen and oxygen atoms in total. The molecular weight excluding hydrogens is 677 g/mol. The first-order valence-electron chi connectivity index (χ1n) is 17.1. The number of imide groups is 1. The Morgan fingerprint density at radius 1 is 0.727 bits per heavy atom. The average Bonchev–Trinajstić information content (AvgIpc) is 3.44. The minimum absolute atomic E-state index is 0. The Kier molecular flexibility index (Phi) is 27.1. The van der Waals surface area contributed by atoms with Crippen LogP contribution in [0.5, 0.6) is 0 Å². The molecule has 0 saturated carbocycles. The van der Waals surface area contributed by atoms with Crippen LogP contribution in [0, 0.1) is 0 Å². The summed E-state index contributed by atoms with van der Waals surface area (Å²) in [5, 5.41) is 2.77. The van der Waals surface area contributed by atoms with Crippen LogP contribution in [0.1, 0.15) is 122 Å². The highest BCUT2D eigenvalue weighted by Gasteiger charge is 2.31. The van der Waals surface area contributed by atoms with Crippen LogP contribution in [0.2, 0.25) is 0 Å². The summed E-state index contributed by atoms with van der Waals surface area (Å²) in [5.41, 5.74) is 0. The van der Waals surface area contributed by atoms with Crippen LogP contribution in [0.3, 0.4) is 0 Å². The second-order valence-corrected chi connectivity index (χ2v) is 12.4. The lowest BCUT2D eigenvalue weighted by atomic mass is 10.0. The largest absolute Gasteiger partial charge is 1.00 e. The predicted molar refractivity (Wildman–Crippen MR) is 170 cm³/mol. The van der Waals surface area contributed by atoms with Gasteiger partial charge >= 0.3 is 18.3 Å². The highest BCUT2D eigenvalue weighted by atomic mass is 127. The van der Waals surface area contributed by atoms with Crippen LogP contribution in [-0.4, -0.2) is 101 Å². The number of unbranched alkanes of at least 4 members (excludes halogenated alkanes) is 15. The number of likely N-dealkylation sites (N-methyl/N-ethyl adjacent to an activating group) is 1. The molecule has 1 heterocycles. The Morgan fingerprint density at radius 3 is 1.68 bits per heavy atom. The lowest BCUT2D eigenvalue weighted by molar-refractivity contribution is -0.896. The van der Waals surface area contributed by atoms with Crippen LogP contribution in [0.25, 0.3) is 0 Å². The maximum Gasteiger partial charge on any atom is 0.419 e. The number of carbonyl (C=O) groups excluding carboxylic acids is 3. The first kappa shape index (κ1) is 42.7. The number of alkyl carbamates (subject to hydrolysis) is 1. The number of nitrogens with zero attached hydrogens (tertiary/aromatic N) is 2. The molecule has 0 aromatic carbocycles. The van der Waals surface area contributed by atoms with E-state index in [2.05, 4.69) is 19.3 Å². The molecule has 1 unspecified atom stereocenters. The SMILES string of the molecule is CCCCCCCCCCCCCCCCCCNC(=O)OCC(COC(=O)N(CC[N+]1(C)CCCC1)C(=O)OC)OC.[I-]. The number of rotatable bonds is 25. The Hall–Kier alpha value is -1.34. The van der Waals surface area contributed by atoms with Crippen LogP contribution >= 0.6 is 0 Å². The van der Waals surface area contributed by atoms with Crippen molar-refractivity contribution < 1.29 is 61.8 Å². The van der Waals surface area contributed by atoms with Gasteiger partial charge in [-0.3, -0.25) is 0 Å². The number of hydrogen-bond donors (Lipinski definition) is 1. The average molecular weight is 742 g/mol. The highest BCUT2D eigenvalue weighted by molar-refractivity contribution is 5.87. The quantitative estimate of drug-likeness (QED) is 0.0640. The fraction of sp³-hybridized carbons (Fsp3) is 0.909. The van der Waals surface area contributed by atoms with Crippen LogP contribution in [-0.2, 0) is 18.9 Å². The van der Waals surface area contributed by atoms with Gasteiger partial charge in [0.25, 0.3) is 0 Å². The molecule has 11 heteroatoms. The summed E-state index contributed by atoms with van der Waals surface area (Å²) >= 11 is 0. The molecule has 0 spiro atoms. The fourth-order valence-electron chi connectivity index (χ4n) is 5.54. The first-order valence-corrected chi connectivity index (χ1v) is 17.1. The summed E-state index contributed by atoms with van der Waals surface area (Å²) in [7, 11) is 4.81. The minimum atomic E-state index is -0.798. The zero-order valence-corrected chi connectivity index (χ0v) is 30.5. The zero-order chi connectivity index (χ0) is 31.6. The Morgan fingerprint density at radius 2 is 1.20 bits per heavy atom. The molecule has 44 heavy (non-hydrogen) atoms. The van der Waals surface area contributed by atoms with Crippen molar-refractivity contribution in [3.8, 4) is 0 Å². The van der Waals surface area contributed by atoms with Gasteiger partial charge in [0, 0.05) is 26.5 Å². The lowest BCUT2D eigenvalue weighted by Gasteiger charge is -2.31. The Bertz CT molecular complexity index is 738. The second-order valence-electron chi connectivity index (χ2n) is 12.4. The molecule has 1 rings (SSSR count). The molecule has 3 amide bonds. The molecule has 0 aromatic heterocycles. The molecule has 1 saturated heterocycles. The third kappa shape index (κ3) is 21.4. The zero-order valence-electron chi connectivity index (χ0n) is 28.4. The standard InChI is InChI=1S/C33H63N3O7.HI/c1-5-6-7-8-9-10-11-12-13-14-15-16-17-18-19-20-23-34-31(37)42-28-30(40-3)29-43-33(39)35(32(38)41-4)24-27-36(2)25-21-22-26-36;/h30H,5-29H2,1-4H3;1H. The van der Waals surface area contributed by atoms with Crippen molar-refractivity contribution in [1.82, 2.24) is 10.2 Å². The van der Waals surface area contributed by atoms with Crippen molar-refractivity contribution in [2.75, 3.05) is 67.2 Å². The van der Waals surface area contributed by atoms with Crippen molar-refractivity contribution in [3.05, 3.63) is 0 Å². The summed E-state index contributed by atoms with van der Waals surface area (Å²) < 4.78 is 21.4. The van der Waals surface area contributed by atoms with E-state index in [4.69, 9.17) is 18.9 Å². The number of carbonyl (C=O) groups is 3. The molecule has 0 bridgehead atoms. The molecule has 0 radical (unpaired) electrons. The number of hydrogen-bond acceptors (Lipinski definition) is 7. The maximum atomic E-state index is 12.6. The molecule has 1 N–H and O–H groups in total. The molecule has 0 aromatic rings. The molecule has 0 aliphatic carbocycles. The van der Waals surface area contributed by atoms with Crippen LogP contribution < -0.4 is 29.3 Å². The van der Waals surface area contributed by atoms with Crippen molar-refractivity contribution in [3.63, 3.8) is 0 Å². The normalized spacial score (nSPS) is 14.4. The number of quaternary nitrogens is 1. The van der Waals surface area contributed by atoms with Crippen molar-refractivity contribution >= 4 is 18.3 Å². The maximum absolute atomic E-state index is 12.6. The summed E-state index contributed by atoms with van der Waals surface area (Å²) in [6.45, 7) is 5.50. The lowest BCUT2D eigenvalue weighted by Crippen LogP contribution is -3.00. The topological polar surface area (TPSA) is 103 Å². The number of likely N-dealkylation sites (tertiary alicyclic amines) is 1. The van der Waals surface area contributed by atoms with E-state index >= 15 is 0 Å². The minimum Gasteiger partial charge on any atom is -1.00 e. The molecular formula is C33H64IN3O7. The van der Waals surface area contributed by atoms with Gasteiger partial charge in [0.15, 0.2) is 0 Å². The molecule has 1 atom stereocenters. The summed E-state index contributed by atoms with van der Waals surface area (Å²) in [5.74, 6) is 0. The van der Waals surface area contributed by atoms with Gasteiger partial charge in [0.05, 0.1) is 40.3 Å². The van der Waals surface area contributed by atoms with E-state index < -0.39 is 24.4 Å². The van der Waals surface area contributed by atoms with Gasteiger partial charge in [0.1, 0.15) is 19.3 Å².